The molecule has 2 aliphatic heterocycles. The number of nitrogens with one attached hydrogen (secondary N) is 1. The molecule has 2 fully saturated rings. The minimum Gasteiger partial charge on any atom is -0.459 e. The second kappa shape index (κ2) is 11.8. The molecule has 3 aromatic carbocycles. The molecule has 4 atom stereocenters. The van der Waals surface area contributed by atoms with E-state index in [-0.39, 0.29) is 24.3 Å². The first-order valence-electron chi connectivity index (χ1n) is 12.5. The first kappa shape index (κ1) is 25.9. The highest BCUT2D eigenvalue weighted by Crippen LogP contribution is 2.32. The quantitative estimate of drug-likeness (QED) is 0.349. The summed E-state index contributed by atoms with van der Waals surface area (Å²) >= 11 is 0. The highest BCUT2D eigenvalue weighted by molar-refractivity contribution is 5.91. The molecule has 0 aliphatic carbocycles. The van der Waals surface area contributed by atoms with Crippen LogP contribution in [0.15, 0.2) is 91.0 Å². The minimum absolute atomic E-state index is 0.271. The van der Waals surface area contributed by atoms with Crippen LogP contribution in [0, 0.1) is 0 Å². The maximum absolute atomic E-state index is 13.1. The van der Waals surface area contributed by atoms with E-state index in [0.717, 1.165) is 0 Å². The molecule has 5 rings (SSSR count). The van der Waals surface area contributed by atoms with Gasteiger partial charge in [0.1, 0.15) is 12.7 Å². The Kier molecular flexibility index (Phi) is 7.83. The summed E-state index contributed by atoms with van der Waals surface area (Å²) in [7, 11) is 0. The number of amides is 2. The third-order valence-corrected chi connectivity index (χ3v) is 6.38. The van der Waals surface area contributed by atoms with Crippen LogP contribution in [0.25, 0.3) is 0 Å². The van der Waals surface area contributed by atoms with E-state index in [1.165, 1.54) is 4.90 Å². The van der Waals surface area contributed by atoms with Crippen LogP contribution in [0.4, 0.5) is 4.79 Å². The lowest BCUT2D eigenvalue weighted by molar-refractivity contribution is -0.0800. The topological polar surface area (TPSA) is 120 Å². The lowest BCUT2D eigenvalue weighted by Crippen LogP contribution is -2.48. The average Bonchev–Trinajstić information content (AvgIpc) is 3.55. The van der Waals surface area contributed by atoms with Gasteiger partial charge in [0.05, 0.1) is 16.7 Å². The maximum Gasteiger partial charge on any atom is 0.338 e. The molecule has 0 bridgehead atoms. The summed E-state index contributed by atoms with van der Waals surface area (Å²) in [5, 5.41) is 2.69. The van der Waals surface area contributed by atoms with Gasteiger partial charge in [-0.2, -0.15) is 0 Å². The Morgan fingerprint density at radius 1 is 0.744 bits per heavy atom. The van der Waals surface area contributed by atoms with Crippen molar-refractivity contribution in [2.24, 2.45) is 0 Å². The molecule has 1 N–H and O–H groups in total. The molecule has 2 amide bonds. The van der Waals surface area contributed by atoms with Crippen molar-refractivity contribution in [2.75, 3.05) is 19.7 Å². The van der Waals surface area contributed by atoms with Gasteiger partial charge in [-0.15, -0.1) is 0 Å². The predicted octanol–water partition coefficient (Wildman–Crippen LogP) is 3.04. The standard InChI is InChI=1S/C29H26N2O8/c32-26(19-10-4-1-5-11-19)36-18-22-23(38-27(33)20-12-6-2-7-13-20)24(25(37-22)31-17-16-30-29(31)35)39-28(34)21-14-8-3-9-15-21/h1-15,22-25H,16-18H2,(H,30,35). The maximum atomic E-state index is 13.1. The molecule has 0 radical (unpaired) electrons. The number of ether oxygens (including phenoxy) is 4. The summed E-state index contributed by atoms with van der Waals surface area (Å²) in [5.41, 5.74) is 0.873. The van der Waals surface area contributed by atoms with Crippen LogP contribution in [-0.2, 0) is 18.9 Å². The second-order valence-electron chi connectivity index (χ2n) is 8.93. The van der Waals surface area contributed by atoms with Crippen molar-refractivity contribution in [3.63, 3.8) is 0 Å². The van der Waals surface area contributed by atoms with E-state index < -0.39 is 48.5 Å². The van der Waals surface area contributed by atoms with Crippen molar-refractivity contribution in [3.05, 3.63) is 108 Å². The molecule has 2 heterocycles. The molecule has 10 heteroatoms. The molecule has 0 aromatic heterocycles. The molecule has 39 heavy (non-hydrogen) atoms. The van der Waals surface area contributed by atoms with Crippen LogP contribution in [0.2, 0.25) is 0 Å². The molecule has 2 aliphatic rings. The summed E-state index contributed by atoms with van der Waals surface area (Å²) < 4.78 is 23.3. The second-order valence-corrected chi connectivity index (χ2v) is 8.93. The van der Waals surface area contributed by atoms with Gasteiger partial charge in [0, 0.05) is 13.1 Å². The summed E-state index contributed by atoms with van der Waals surface area (Å²) in [6.45, 7) is 0.324. The van der Waals surface area contributed by atoms with Crippen molar-refractivity contribution in [2.45, 2.75) is 24.5 Å². The van der Waals surface area contributed by atoms with E-state index in [2.05, 4.69) is 5.32 Å². The Morgan fingerprint density at radius 3 is 1.72 bits per heavy atom. The number of hydrogen-bond donors (Lipinski definition) is 1. The molecule has 200 valence electrons. The summed E-state index contributed by atoms with van der Waals surface area (Å²) in [5.74, 6) is -1.97. The fraction of sp³-hybridized carbons (Fsp3) is 0.241. The van der Waals surface area contributed by atoms with Crippen LogP contribution in [-0.4, -0.2) is 73.1 Å². The van der Waals surface area contributed by atoms with E-state index >= 15 is 0 Å². The molecule has 10 nitrogen and oxygen atoms in total. The Bertz CT molecular complexity index is 1320. The van der Waals surface area contributed by atoms with Crippen molar-refractivity contribution in [1.29, 1.82) is 0 Å². The third kappa shape index (κ3) is 5.91. The fourth-order valence-corrected chi connectivity index (χ4v) is 4.44. The number of carbonyl (C=O) groups is 4. The molecule has 4 unspecified atom stereocenters. The van der Waals surface area contributed by atoms with Gasteiger partial charge in [0.2, 0.25) is 0 Å². The molecule has 0 saturated carbocycles. The number of benzene rings is 3. The molecular weight excluding hydrogens is 504 g/mol. The lowest BCUT2D eigenvalue weighted by atomic mass is 10.1. The van der Waals surface area contributed by atoms with Crippen molar-refractivity contribution >= 4 is 23.9 Å². The fourth-order valence-electron chi connectivity index (χ4n) is 4.44. The predicted molar refractivity (Wildman–Crippen MR) is 137 cm³/mol. The zero-order valence-corrected chi connectivity index (χ0v) is 20.8. The average molecular weight is 531 g/mol. The van der Waals surface area contributed by atoms with Gasteiger partial charge in [-0.25, -0.2) is 19.2 Å². The highest BCUT2D eigenvalue weighted by atomic mass is 16.7. The van der Waals surface area contributed by atoms with Gasteiger partial charge < -0.3 is 24.3 Å². The van der Waals surface area contributed by atoms with Crippen LogP contribution in [0.1, 0.15) is 31.1 Å². The number of carbonyl (C=O) groups excluding carboxylic acids is 4. The van der Waals surface area contributed by atoms with Crippen LogP contribution in [0.5, 0.6) is 0 Å². The normalized spacial score (nSPS) is 22.2. The van der Waals surface area contributed by atoms with E-state index in [4.69, 9.17) is 18.9 Å². The first-order valence-corrected chi connectivity index (χ1v) is 12.5. The summed E-state index contributed by atoms with van der Waals surface area (Å²) in [4.78, 5) is 52.7. The first-order chi connectivity index (χ1) is 19.0. The summed E-state index contributed by atoms with van der Waals surface area (Å²) in [6.07, 6.45) is -4.51. The van der Waals surface area contributed by atoms with Crippen molar-refractivity contribution < 1.29 is 38.1 Å². The van der Waals surface area contributed by atoms with Crippen LogP contribution >= 0.6 is 0 Å². The molecular formula is C29H26N2O8. The SMILES string of the molecule is O=C(OCC1OC(N2CCNC2=O)C(OC(=O)c2ccccc2)C1OC(=O)c1ccccc1)c1ccccc1. The van der Waals surface area contributed by atoms with Crippen molar-refractivity contribution in [1.82, 2.24) is 10.2 Å². The van der Waals surface area contributed by atoms with E-state index in [9.17, 15) is 19.2 Å². The number of nitrogens with zero attached hydrogens (tertiary/aromatic N) is 1. The van der Waals surface area contributed by atoms with E-state index in [1.807, 2.05) is 0 Å². The van der Waals surface area contributed by atoms with Crippen molar-refractivity contribution in [3.8, 4) is 0 Å². The molecule has 0 spiro atoms. The van der Waals surface area contributed by atoms with E-state index in [1.54, 1.807) is 91.0 Å². The van der Waals surface area contributed by atoms with Gasteiger partial charge in [0.15, 0.2) is 18.4 Å². The lowest BCUT2D eigenvalue weighted by Gasteiger charge is -2.28. The van der Waals surface area contributed by atoms with Crippen LogP contribution < -0.4 is 5.32 Å². The van der Waals surface area contributed by atoms with Crippen LogP contribution in [0.3, 0.4) is 0 Å². The van der Waals surface area contributed by atoms with Gasteiger partial charge in [0.25, 0.3) is 0 Å². The van der Waals surface area contributed by atoms with Gasteiger partial charge in [-0.05, 0) is 36.4 Å². The largest absolute Gasteiger partial charge is 0.459 e. The number of esters is 3. The monoisotopic (exact) mass is 530 g/mol. The minimum atomic E-state index is -1.20. The zero-order chi connectivity index (χ0) is 27.2. The third-order valence-electron chi connectivity index (χ3n) is 6.38. The Labute approximate surface area is 224 Å². The van der Waals surface area contributed by atoms with E-state index in [0.29, 0.717) is 12.1 Å². The highest BCUT2D eigenvalue weighted by Gasteiger charge is 2.54. The number of hydrogen-bond acceptors (Lipinski definition) is 8. The van der Waals surface area contributed by atoms with Gasteiger partial charge in [-0.3, -0.25) is 4.90 Å². The van der Waals surface area contributed by atoms with Gasteiger partial charge >= 0.3 is 23.9 Å². The Hall–Kier alpha value is -4.70. The number of rotatable bonds is 8. The summed E-state index contributed by atoms with van der Waals surface area (Å²) in [6, 6.07) is 24.6. The molecule has 3 aromatic rings. The Morgan fingerprint density at radius 2 is 1.23 bits per heavy atom. The number of urea groups is 1. The smallest absolute Gasteiger partial charge is 0.338 e. The zero-order valence-electron chi connectivity index (χ0n) is 20.8. The molecule has 2 saturated heterocycles. The van der Waals surface area contributed by atoms with Gasteiger partial charge in [-0.1, -0.05) is 54.6 Å². The Balaban J connectivity index is 1.43.